The Balaban J connectivity index is 2.39. The minimum absolute atomic E-state index is 0.148. The molecule has 4 N–H and O–H groups in total. The second kappa shape index (κ2) is 7.47. The maximum Gasteiger partial charge on any atom is 0.283 e. The molecule has 0 aliphatic carbocycles. The zero-order valence-electron chi connectivity index (χ0n) is 20.2. The zero-order valence-corrected chi connectivity index (χ0v) is 20.2. The highest BCUT2D eigenvalue weighted by molar-refractivity contribution is 6.04. The van der Waals surface area contributed by atoms with Crippen LogP contribution < -0.4 is 16.2 Å². The molecule has 0 aromatic heterocycles. The number of rotatable bonds is 2. The lowest BCUT2D eigenvalue weighted by Gasteiger charge is -2.38. The second-order valence-electron chi connectivity index (χ2n) is 11.0. The summed E-state index contributed by atoms with van der Waals surface area (Å²) in [4.78, 5) is 28.8. The molecule has 1 aliphatic rings. The van der Waals surface area contributed by atoms with Gasteiger partial charge in [0.1, 0.15) is 11.5 Å². The van der Waals surface area contributed by atoms with Gasteiger partial charge in [0.25, 0.3) is 5.91 Å². The zero-order chi connectivity index (χ0) is 24.2. The van der Waals surface area contributed by atoms with Gasteiger partial charge in [-0.3, -0.25) is 9.59 Å². The summed E-state index contributed by atoms with van der Waals surface area (Å²) in [5.74, 6) is -0.0424. The highest BCUT2D eigenvalue weighted by Gasteiger charge is 2.40. The third-order valence-electron chi connectivity index (χ3n) is 6.08. The molecule has 6 heteroatoms. The number of ether oxygens (including phenoxy) is 1. The van der Waals surface area contributed by atoms with Gasteiger partial charge in [0.15, 0.2) is 12.2 Å². The summed E-state index contributed by atoms with van der Waals surface area (Å²) in [7, 11) is 0. The minimum atomic E-state index is -0.578. The molecule has 6 nitrogen and oxygen atoms in total. The summed E-state index contributed by atoms with van der Waals surface area (Å²) in [6.07, 6.45) is 0.802. The molecule has 0 spiro atoms. The van der Waals surface area contributed by atoms with Crippen molar-refractivity contribution in [3.05, 3.63) is 57.6 Å². The van der Waals surface area contributed by atoms with Gasteiger partial charge in [-0.05, 0) is 34.1 Å². The second-order valence-corrected chi connectivity index (χ2v) is 11.0. The lowest BCUT2D eigenvalue weighted by atomic mass is 9.70. The van der Waals surface area contributed by atoms with Gasteiger partial charge in [-0.15, -0.1) is 0 Å². The van der Waals surface area contributed by atoms with Crippen LogP contribution in [0, 0.1) is 0 Å². The standard InChI is InChI=1S/C26H33N3O3/c1-24(2,3)15-9-14(13-30)20-18(11-15)26(7,8)19-12-16(25(4,5)6)10-17(21(19)32-20)22(31)29-23(27)28/h9-13H,1-8H3,(H4,27,28,29,31). The molecule has 0 saturated heterocycles. The van der Waals surface area contributed by atoms with Crippen LogP contribution in [-0.4, -0.2) is 18.2 Å². The first-order valence-corrected chi connectivity index (χ1v) is 10.7. The SMILES string of the molecule is CC(C)(C)c1cc(C=O)c2c(c1)C(C)(C)c1cc(C(C)(C)C)cc(C(=O)N=C(N)N)c1O2. The Morgan fingerprint density at radius 3 is 1.88 bits per heavy atom. The molecule has 1 heterocycles. The van der Waals surface area contributed by atoms with Gasteiger partial charge in [-0.1, -0.05) is 67.5 Å². The van der Waals surface area contributed by atoms with Crippen molar-refractivity contribution in [2.45, 2.75) is 71.6 Å². The van der Waals surface area contributed by atoms with Crippen molar-refractivity contribution in [2.75, 3.05) is 0 Å². The number of benzene rings is 2. The summed E-state index contributed by atoms with van der Waals surface area (Å²) in [5, 5.41) is 0. The number of amides is 1. The van der Waals surface area contributed by atoms with Gasteiger partial charge in [-0.25, -0.2) is 0 Å². The van der Waals surface area contributed by atoms with E-state index in [1.54, 1.807) is 6.07 Å². The monoisotopic (exact) mass is 435 g/mol. The number of carbonyl (C=O) groups is 2. The molecule has 2 aromatic rings. The number of aldehydes is 1. The number of nitrogens with two attached hydrogens (primary N) is 2. The van der Waals surface area contributed by atoms with Crippen molar-refractivity contribution in [2.24, 2.45) is 16.5 Å². The molecule has 0 atom stereocenters. The quantitative estimate of drug-likeness (QED) is 0.395. The molecule has 32 heavy (non-hydrogen) atoms. The van der Waals surface area contributed by atoms with Crippen LogP contribution >= 0.6 is 0 Å². The first-order valence-electron chi connectivity index (χ1n) is 10.7. The van der Waals surface area contributed by atoms with E-state index < -0.39 is 11.3 Å². The first kappa shape index (κ1) is 23.5. The van der Waals surface area contributed by atoms with Gasteiger partial charge in [0, 0.05) is 16.5 Å². The molecule has 0 bridgehead atoms. The average Bonchev–Trinajstić information content (AvgIpc) is 2.64. The maximum atomic E-state index is 13.0. The van der Waals surface area contributed by atoms with Crippen LogP contribution in [0.3, 0.4) is 0 Å². The number of fused-ring (bicyclic) bond motifs is 2. The molecular formula is C26H33N3O3. The van der Waals surface area contributed by atoms with Crippen molar-refractivity contribution in [1.82, 2.24) is 0 Å². The Kier molecular flexibility index (Phi) is 5.49. The van der Waals surface area contributed by atoms with Crippen LogP contribution in [0.2, 0.25) is 0 Å². The summed E-state index contributed by atoms with van der Waals surface area (Å²) in [6, 6.07) is 7.81. The van der Waals surface area contributed by atoms with Gasteiger partial charge >= 0.3 is 0 Å². The number of nitrogens with zero attached hydrogens (tertiary/aromatic N) is 1. The molecule has 2 aromatic carbocycles. The Morgan fingerprint density at radius 2 is 1.41 bits per heavy atom. The van der Waals surface area contributed by atoms with E-state index in [0.29, 0.717) is 17.1 Å². The molecule has 1 aliphatic heterocycles. The number of hydrogen-bond acceptors (Lipinski definition) is 3. The van der Waals surface area contributed by atoms with Crippen LogP contribution in [0.15, 0.2) is 29.3 Å². The summed E-state index contributed by atoms with van der Waals surface area (Å²) >= 11 is 0. The van der Waals surface area contributed by atoms with Crippen LogP contribution in [0.1, 0.15) is 98.4 Å². The molecule has 170 valence electrons. The van der Waals surface area contributed by atoms with E-state index in [9.17, 15) is 9.59 Å². The lowest BCUT2D eigenvalue weighted by molar-refractivity contribution is 0.0999. The fourth-order valence-electron chi connectivity index (χ4n) is 3.97. The van der Waals surface area contributed by atoms with Crippen molar-refractivity contribution in [3.63, 3.8) is 0 Å². The lowest BCUT2D eigenvalue weighted by Crippen LogP contribution is -2.29. The molecule has 0 radical (unpaired) electrons. The fraction of sp³-hybridized carbons (Fsp3) is 0.423. The summed E-state index contributed by atoms with van der Waals surface area (Å²) in [6.45, 7) is 16.7. The van der Waals surface area contributed by atoms with Crippen molar-refractivity contribution >= 4 is 18.2 Å². The van der Waals surface area contributed by atoms with Crippen molar-refractivity contribution in [1.29, 1.82) is 0 Å². The average molecular weight is 436 g/mol. The van der Waals surface area contributed by atoms with Crippen molar-refractivity contribution in [3.8, 4) is 11.5 Å². The fourth-order valence-corrected chi connectivity index (χ4v) is 3.97. The van der Waals surface area contributed by atoms with Gasteiger partial charge in [0.05, 0.1) is 11.1 Å². The molecule has 3 rings (SSSR count). The molecule has 0 unspecified atom stereocenters. The largest absolute Gasteiger partial charge is 0.455 e. The smallest absolute Gasteiger partial charge is 0.283 e. The predicted octanol–water partition coefficient (Wildman–Crippen LogP) is 4.94. The van der Waals surface area contributed by atoms with E-state index in [1.165, 1.54) is 0 Å². The number of aliphatic imine (C=N–C) groups is 1. The van der Waals surface area contributed by atoms with Crippen LogP contribution in [0.4, 0.5) is 0 Å². The third-order valence-corrected chi connectivity index (χ3v) is 6.08. The minimum Gasteiger partial charge on any atom is -0.455 e. The molecular weight excluding hydrogens is 402 g/mol. The summed E-state index contributed by atoms with van der Waals surface area (Å²) < 4.78 is 6.30. The third kappa shape index (κ3) is 4.01. The van der Waals surface area contributed by atoms with E-state index in [0.717, 1.165) is 28.5 Å². The Morgan fingerprint density at radius 1 is 0.906 bits per heavy atom. The van der Waals surface area contributed by atoms with E-state index in [-0.39, 0.29) is 22.4 Å². The van der Waals surface area contributed by atoms with Crippen LogP contribution in [-0.2, 0) is 16.2 Å². The van der Waals surface area contributed by atoms with Gasteiger partial charge < -0.3 is 16.2 Å². The topological polar surface area (TPSA) is 108 Å². The maximum absolute atomic E-state index is 13.0. The Labute approximate surface area is 190 Å². The predicted molar refractivity (Wildman–Crippen MR) is 128 cm³/mol. The van der Waals surface area contributed by atoms with E-state index in [1.807, 2.05) is 6.07 Å². The number of hydrogen-bond donors (Lipinski definition) is 2. The molecule has 0 fully saturated rings. The normalized spacial score (nSPS) is 14.6. The van der Waals surface area contributed by atoms with Crippen LogP contribution in [0.5, 0.6) is 11.5 Å². The van der Waals surface area contributed by atoms with Crippen molar-refractivity contribution < 1.29 is 14.3 Å². The highest BCUT2D eigenvalue weighted by atomic mass is 16.5. The van der Waals surface area contributed by atoms with Gasteiger partial charge in [-0.2, -0.15) is 4.99 Å². The number of guanidine groups is 1. The Bertz CT molecular complexity index is 1140. The van der Waals surface area contributed by atoms with E-state index in [2.05, 4.69) is 72.5 Å². The first-order chi connectivity index (χ1) is 14.6. The van der Waals surface area contributed by atoms with Crippen LogP contribution in [0.25, 0.3) is 0 Å². The Hall–Kier alpha value is -3.15. The van der Waals surface area contributed by atoms with E-state index in [4.69, 9.17) is 16.2 Å². The van der Waals surface area contributed by atoms with E-state index >= 15 is 0 Å². The molecule has 1 amide bonds. The molecule has 0 saturated carbocycles. The highest BCUT2D eigenvalue weighted by Crippen LogP contribution is 2.52. The summed E-state index contributed by atoms with van der Waals surface area (Å²) in [5.41, 5.74) is 14.6. The number of carbonyl (C=O) groups excluding carboxylic acids is 2. The van der Waals surface area contributed by atoms with Gasteiger partial charge in [0.2, 0.25) is 0 Å².